The summed E-state index contributed by atoms with van der Waals surface area (Å²) in [6.07, 6.45) is -0.167. The van der Waals surface area contributed by atoms with Gasteiger partial charge >= 0.3 is 18.0 Å². The largest absolute Gasteiger partial charge is 0.460 e. The quantitative estimate of drug-likeness (QED) is 0.123. The Morgan fingerprint density at radius 1 is 0.833 bits per heavy atom. The number of nitrogens with one attached hydrogen (secondary N) is 3. The van der Waals surface area contributed by atoms with Gasteiger partial charge < -0.3 is 30.2 Å². The van der Waals surface area contributed by atoms with Gasteiger partial charge in [-0.15, -0.1) is 0 Å². The number of alkyl carbamates (subject to hydrolysis) is 1. The van der Waals surface area contributed by atoms with Crippen molar-refractivity contribution in [3.05, 3.63) is 90.6 Å². The number of esters is 2. The first kappa shape index (κ1) is 37.2. The first-order chi connectivity index (χ1) is 22.8. The third-order valence-corrected chi connectivity index (χ3v) is 6.88. The SMILES string of the molecule is C=CCOC(=O)[C@@H](NC(=O)C(Cc1ccc2ccccc2n1)NC(=O)[C@H](CC(=O)OC(C)(C)C)NC(=O)OCc1ccccc1)C(C)C. The third kappa shape index (κ3) is 12.2. The summed E-state index contributed by atoms with van der Waals surface area (Å²) < 4.78 is 15.9. The number of ether oxygens (including phenoxy) is 3. The maximum atomic E-state index is 13.8. The molecule has 0 spiro atoms. The number of aromatic nitrogens is 1. The minimum Gasteiger partial charge on any atom is -0.460 e. The van der Waals surface area contributed by atoms with Crippen molar-refractivity contribution in [2.75, 3.05) is 6.61 Å². The van der Waals surface area contributed by atoms with Crippen molar-refractivity contribution < 1.29 is 38.2 Å². The minimum atomic E-state index is -1.47. The molecular formula is C36H44N4O8. The summed E-state index contributed by atoms with van der Waals surface area (Å²) in [7, 11) is 0. The molecule has 3 amide bonds. The van der Waals surface area contributed by atoms with Gasteiger partial charge in [0.05, 0.1) is 11.9 Å². The Balaban J connectivity index is 1.88. The molecule has 12 heteroatoms. The Hall–Kier alpha value is -5.26. The van der Waals surface area contributed by atoms with Gasteiger partial charge in [0.25, 0.3) is 0 Å². The highest BCUT2D eigenvalue weighted by molar-refractivity contribution is 5.95. The summed E-state index contributed by atoms with van der Waals surface area (Å²) in [5.74, 6) is -3.34. The minimum absolute atomic E-state index is 0.0442. The maximum Gasteiger partial charge on any atom is 0.408 e. The fourth-order valence-corrected chi connectivity index (χ4v) is 4.56. The highest BCUT2D eigenvalue weighted by atomic mass is 16.6. The summed E-state index contributed by atoms with van der Waals surface area (Å²) >= 11 is 0. The van der Waals surface area contributed by atoms with Gasteiger partial charge in [0.1, 0.15) is 36.9 Å². The van der Waals surface area contributed by atoms with E-state index in [-0.39, 0.29) is 25.6 Å². The number of carbonyl (C=O) groups is 5. The van der Waals surface area contributed by atoms with Crippen LogP contribution in [0.1, 0.15) is 52.3 Å². The van der Waals surface area contributed by atoms with Crippen LogP contribution < -0.4 is 16.0 Å². The van der Waals surface area contributed by atoms with E-state index in [1.54, 1.807) is 65.0 Å². The number of hydrogen-bond donors (Lipinski definition) is 3. The molecule has 0 bridgehead atoms. The molecule has 48 heavy (non-hydrogen) atoms. The Morgan fingerprint density at radius 3 is 2.17 bits per heavy atom. The molecule has 0 aliphatic rings. The van der Waals surface area contributed by atoms with E-state index in [0.717, 1.165) is 5.39 Å². The lowest BCUT2D eigenvalue weighted by molar-refractivity contribution is -0.156. The van der Waals surface area contributed by atoms with Crippen LogP contribution in [0.2, 0.25) is 0 Å². The molecule has 0 saturated heterocycles. The van der Waals surface area contributed by atoms with Crippen LogP contribution in [0.25, 0.3) is 10.9 Å². The van der Waals surface area contributed by atoms with E-state index in [1.807, 2.05) is 36.4 Å². The summed E-state index contributed by atoms with van der Waals surface area (Å²) in [5.41, 5.74) is 1.01. The normalized spacial score (nSPS) is 13.0. The van der Waals surface area contributed by atoms with E-state index < -0.39 is 60.0 Å². The Bertz CT molecular complexity index is 1590. The summed E-state index contributed by atoms with van der Waals surface area (Å²) in [6.45, 7) is 11.9. The standard InChI is InChI=1S/C36H44N4O8/c1-7-19-46-34(44)31(23(2)3)40-33(43)28(20-26-18-17-25-15-11-12-16-27(25)37-26)38-32(42)29(21-30(41)48-36(4,5)6)39-35(45)47-22-24-13-9-8-10-14-24/h7-18,23,28-29,31H,1,19-22H2,2-6H3,(H,38,42)(H,39,45)(H,40,43)/t28?,29-,31-/m0/s1. The van der Waals surface area contributed by atoms with Crippen molar-refractivity contribution in [1.29, 1.82) is 0 Å². The second-order valence-corrected chi connectivity index (χ2v) is 12.5. The predicted molar refractivity (Wildman–Crippen MR) is 179 cm³/mol. The van der Waals surface area contributed by atoms with E-state index in [9.17, 15) is 24.0 Å². The number of para-hydroxylation sites is 1. The van der Waals surface area contributed by atoms with Crippen molar-refractivity contribution in [2.45, 2.75) is 77.8 Å². The molecule has 3 rings (SSSR count). The first-order valence-electron chi connectivity index (χ1n) is 15.7. The van der Waals surface area contributed by atoms with E-state index >= 15 is 0 Å². The van der Waals surface area contributed by atoms with Gasteiger partial charge in [-0.1, -0.05) is 81.1 Å². The van der Waals surface area contributed by atoms with Crippen molar-refractivity contribution >= 4 is 40.7 Å². The first-order valence-corrected chi connectivity index (χ1v) is 15.7. The van der Waals surface area contributed by atoms with Crippen molar-refractivity contribution in [2.24, 2.45) is 5.92 Å². The van der Waals surface area contributed by atoms with E-state index in [4.69, 9.17) is 14.2 Å². The summed E-state index contributed by atoms with van der Waals surface area (Å²) in [6, 6.07) is 16.1. The van der Waals surface area contributed by atoms with Crippen LogP contribution in [0.15, 0.2) is 79.4 Å². The highest BCUT2D eigenvalue weighted by Crippen LogP contribution is 2.15. The smallest absolute Gasteiger partial charge is 0.408 e. The molecule has 0 fully saturated rings. The third-order valence-electron chi connectivity index (χ3n) is 6.88. The number of amides is 3. The predicted octanol–water partition coefficient (Wildman–Crippen LogP) is 4.16. The lowest BCUT2D eigenvalue weighted by Gasteiger charge is -2.26. The van der Waals surface area contributed by atoms with Gasteiger partial charge in [0, 0.05) is 17.5 Å². The molecule has 3 aromatic rings. The lowest BCUT2D eigenvalue weighted by atomic mass is 10.0. The van der Waals surface area contributed by atoms with Gasteiger partial charge in [0.2, 0.25) is 11.8 Å². The number of hydrogen-bond acceptors (Lipinski definition) is 9. The summed E-state index contributed by atoms with van der Waals surface area (Å²) in [4.78, 5) is 70.5. The second-order valence-electron chi connectivity index (χ2n) is 12.5. The molecule has 3 atom stereocenters. The highest BCUT2D eigenvalue weighted by Gasteiger charge is 2.33. The molecule has 0 radical (unpaired) electrons. The zero-order valence-corrected chi connectivity index (χ0v) is 28.0. The van der Waals surface area contributed by atoms with Gasteiger partial charge in [-0.25, -0.2) is 9.59 Å². The van der Waals surface area contributed by atoms with Crippen molar-refractivity contribution in [3.63, 3.8) is 0 Å². The second kappa shape index (κ2) is 17.6. The lowest BCUT2D eigenvalue weighted by Crippen LogP contribution is -2.57. The molecule has 0 aliphatic carbocycles. The van der Waals surface area contributed by atoms with Crippen molar-refractivity contribution in [1.82, 2.24) is 20.9 Å². The molecule has 256 valence electrons. The Kier molecular flexibility index (Phi) is 13.6. The number of benzene rings is 2. The molecule has 3 N–H and O–H groups in total. The fourth-order valence-electron chi connectivity index (χ4n) is 4.56. The van der Waals surface area contributed by atoms with Crippen LogP contribution in [-0.2, 0) is 46.4 Å². The van der Waals surface area contributed by atoms with Crippen LogP contribution in [0.4, 0.5) is 4.79 Å². The Morgan fingerprint density at radius 2 is 1.50 bits per heavy atom. The number of pyridine rings is 1. The van der Waals surface area contributed by atoms with E-state index in [0.29, 0.717) is 16.8 Å². The average molecular weight is 661 g/mol. The molecule has 0 saturated carbocycles. The van der Waals surface area contributed by atoms with Crippen LogP contribution >= 0.6 is 0 Å². The average Bonchev–Trinajstić information content (AvgIpc) is 3.03. The van der Waals surface area contributed by atoms with Gasteiger partial charge in [-0.05, 0) is 44.4 Å². The van der Waals surface area contributed by atoms with Gasteiger partial charge in [0.15, 0.2) is 0 Å². The van der Waals surface area contributed by atoms with E-state index in [1.165, 1.54) is 6.08 Å². The molecule has 1 aromatic heterocycles. The van der Waals surface area contributed by atoms with Crippen LogP contribution in [0.5, 0.6) is 0 Å². The molecule has 2 aromatic carbocycles. The molecule has 12 nitrogen and oxygen atoms in total. The molecule has 1 heterocycles. The number of nitrogens with zero attached hydrogens (tertiary/aromatic N) is 1. The number of carbonyl (C=O) groups excluding carboxylic acids is 5. The maximum absolute atomic E-state index is 13.8. The van der Waals surface area contributed by atoms with Crippen LogP contribution in [-0.4, -0.2) is 65.2 Å². The number of fused-ring (bicyclic) bond motifs is 1. The van der Waals surface area contributed by atoms with Crippen LogP contribution in [0.3, 0.4) is 0 Å². The Labute approximate surface area is 280 Å². The topological polar surface area (TPSA) is 162 Å². The summed E-state index contributed by atoms with van der Waals surface area (Å²) in [5, 5.41) is 8.65. The fraction of sp³-hybridized carbons (Fsp3) is 0.389. The molecular weight excluding hydrogens is 616 g/mol. The van der Waals surface area contributed by atoms with Gasteiger partial charge in [-0.3, -0.25) is 19.4 Å². The zero-order chi connectivity index (χ0) is 35.3. The number of rotatable bonds is 15. The van der Waals surface area contributed by atoms with Crippen LogP contribution in [0, 0.1) is 5.92 Å². The molecule has 1 unspecified atom stereocenters. The molecule has 0 aliphatic heterocycles. The van der Waals surface area contributed by atoms with Gasteiger partial charge in [-0.2, -0.15) is 0 Å². The van der Waals surface area contributed by atoms with Crippen molar-refractivity contribution in [3.8, 4) is 0 Å². The zero-order valence-electron chi connectivity index (χ0n) is 28.0. The van der Waals surface area contributed by atoms with E-state index in [2.05, 4.69) is 27.5 Å². The monoisotopic (exact) mass is 660 g/mol.